The Balaban J connectivity index is 1.49. The predicted octanol–water partition coefficient (Wildman–Crippen LogP) is 7.13. The number of halogens is 1. The molecule has 1 aliphatic rings. The monoisotopic (exact) mass is 560 g/mol. The van der Waals surface area contributed by atoms with E-state index in [1.54, 1.807) is 30.6 Å². The number of carbonyl (C=O) groups excluding carboxylic acids is 1. The Hall–Kier alpha value is -3.98. The molecule has 1 N–H and O–H groups in total. The zero-order chi connectivity index (χ0) is 28.2. The van der Waals surface area contributed by atoms with E-state index in [0.29, 0.717) is 41.7 Å². The van der Waals surface area contributed by atoms with E-state index in [9.17, 15) is 4.79 Å². The summed E-state index contributed by atoms with van der Waals surface area (Å²) < 4.78 is 26.8. The number of likely N-dealkylation sites (tertiary alicyclic amines) is 1. The molecule has 1 aliphatic heterocycles. The second kappa shape index (κ2) is 12.0. The van der Waals surface area contributed by atoms with Gasteiger partial charge in [0.05, 0.1) is 19.2 Å². The first-order valence-electron chi connectivity index (χ1n) is 13.4. The van der Waals surface area contributed by atoms with Crippen molar-refractivity contribution in [1.29, 1.82) is 0 Å². The van der Waals surface area contributed by atoms with Crippen LogP contribution in [0.1, 0.15) is 38.2 Å². The number of anilines is 2. The van der Waals surface area contributed by atoms with E-state index >= 15 is 4.39 Å². The molecule has 208 valence electrons. The Bertz CT molecular complexity index is 1510. The fourth-order valence-corrected chi connectivity index (χ4v) is 5.69. The summed E-state index contributed by atoms with van der Waals surface area (Å²) in [6.07, 6.45) is 2.00. The van der Waals surface area contributed by atoms with Crippen molar-refractivity contribution in [3.63, 3.8) is 0 Å². The molecule has 3 atom stereocenters. The van der Waals surface area contributed by atoms with E-state index < -0.39 is 12.3 Å². The van der Waals surface area contributed by atoms with Crippen molar-refractivity contribution in [3.8, 4) is 21.9 Å². The van der Waals surface area contributed by atoms with Gasteiger partial charge >= 0.3 is 0 Å². The highest BCUT2D eigenvalue weighted by Gasteiger charge is 2.33. The topological polar surface area (TPSA) is 76.6 Å². The molecular formula is C31H33FN4O3S. The van der Waals surface area contributed by atoms with Gasteiger partial charge in [0.1, 0.15) is 18.2 Å². The first-order valence-corrected chi connectivity index (χ1v) is 14.3. The number of amides is 1. The van der Waals surface area contributed by atoms with Gasteiger partial charge in [0.2, 0.25) is 5.91 Å². The number of rotatable bonds is 9. The lowest BCUT2D eigenvalue weighted by Gasteiger charge is -2.34. The minimum absolute atomic E-state index is 0.0414. The minimum Gasteiger partial charge on any atom is -0.493 e. The third-order valence-electron chi connectivity index (χ3n) is 7.42. The van der Waals surface area contributed by atoms with Gasteiger partial charge in [-0.2, -0.15) is 0 Å². The Morgan fingerprint density at radius 2 is 2.12 bits per heavy atom. The molecule has 0 spiro atoms. The molecule has 4 aromatic rings. The molecule has 5 rings (SSSR count). The maximum Gasteiger partial charge on any atom is 0.246 e. The SMILES string of the molecule is C=CC(=O)N1CCC(Oc2cc3c(Nc4cc(-c5cccs5)ccc4C(C)CC)ncnc3cc2OC)C(F)C1. The molecule has 2 aromatic carbocycles. The number of alkyl halides is 1. The van der Waals surface area contributed by atoms with Gasteiger partial charge in [-0.15, -0.1) is 11.3 Å². The second-order valence-electron chi connectivity index (χ2n) is 9.91. The number of nitrogens with one attached hydrogen (secondary N) is 1. The molecule has 3 unspecified atom stereocenters. The van der Waals surface area contributed by atoms with E-state index in [2.05, 4.69) is 65.4 Å². The fraction of sp³-hybridized carbons (Fsp3) is 0.323. The molecule has 1 saturated heterocycles. The average molecular weight is 561 g/mol. The van der Waals surface area contributed by atoms with Crippen LogP contribution in [0.3, 0.4) is 0 Å². The van der Waals surface area contributed by atoms with Gasteiger partial charge in [-0.3, -0.25) is 4.79 Å². The predicted molar refractivity (Wildman–Crippen MR) is 159 cm³/mol. The van der Waals surface area contributed by atoms with Gasteiger partial charge in [-0.05, 0) is 53.1 Å². The van der Waals surface area contributed by atoms with E-state index in [-0.39, 0.29) is 12.5 Å². The number of fused-ring (bicyclic) bond motifs is 1. The highest BCUT2D eigenvalue weighted by molar-refractivity contribution is 7.13. The average Bonchev–Trinajstić information content (AvgIpc) is 3.52. The molecule has 1 amide bonds. The summed E-state index contributed by atoms with van der Waals surface area (Å²) in [6.45, 7) is 8.23. The van der Waals surface area contributed by atoms with Crippen molar-refractivity contribution in [2.45, 2.75) is 44.9 Å². The van der Waals surface area contributed by atoms with Crippen LogP contribution in [0.5, 0.6) is 11.5 Å². The lowest BCUT2D eigenvalue weighted by molar-refractivity contribution is -0.129. The van der Waals surface area contributed by atoms with Crippen molar-refractivity contribution >= 4 is 39.7 Å². The Morgan fingerprint density at radius 3 is 2.83 bits per heavy atom. The molecule has 0 aliphatic carbocycles. The number of hydrogen-bond acceptors (Lipinski definition) is 7. The van der Waals surface area contributed by atoms with Crippen LogP contribution >= 0.6 is 11.3 Å². The number of hydrogen-bond donors (Lipinski definition) is 1. The highest BCUT2D eigenvalue weighted by Crippen LogP contribution is 2.39. The second-order valence-corrected chi connectivity index (χ2v) is 10.9. The number of ether oxygens (including phenoxy) is 2. The van der Waals surface area contributed by atoms with Gasteiger partial charge < -0.3 is 19.7 Å². The molecule has 2 aromatic heterocycles. The molecule has 1 fully saturated rings. The summed E-state index contributed by atoms with van der Waals surface area (Å²) in [7, 11) is 1.54. The maximum absolute atomic E-state index is 15.1. The lowest BCUT2D eigenvalue weighted by atomic mass is 9.95. The summed E-state index contributed by atoms with van der Waals surface area (Å²) in [6, 6.07) is 14.2. The molecule has 0 radical (unpaired) electrons. The number of thiophene rings is 1. The fourth-order valence-electron chi connectivity index (χ4n) is 4.96. The summed E-state index contributed by atoms with van der Waals surface area (Å²) in [5.74, 6) is 1.53. The standard InChI is InChI=1S/C31H33FN4O3S/c1-5-19(3)21-10-9-20(29-8-7-13-40-29)14-25(21)35-31-22-15-28(27(38-4)16-24(22)33-18-34-31)39-26-11-12-36(17-23(26)32)30(37)6-2/h6-10,13-16,18-19,23,26H,2,5,11-12,17H2,1,3-4H3,(H,33,34,35). The normalized spacial score (nSPS) is 17.9. The van der Waals surface area contributed by atoms with Gasteiger partial charge in [0, 0.05) is 35.0 Å². The van der Waals surface area contributed by atoms with Gasteiger partial charge in [-0.25, -0.2) is 14.4 Å². The highest BCUT2D eigenvalue weighted by atomic mass is 32.1. The molecule has 7 nitrogen and oxygen atoms in total. The third-order valence-corrected chi connectivity index (χ3v) is 8.34. The van der Waals surface area contributed by atoms with Crippen molar-refractivity contribution < 1.29 is 18.7 Å². The molecule has 0 saturated carbocycles. The number of benzene rings is 2. The number of piperidine rings is 1. The zero-order valence-corrected chi connectivity index (χ0v) is 23.7. The van der Waals surface area contributed by atoms with Crippen molar-refractivity contribution in [1.82, 2.24) is 14.9 Å². The van der Waals surface area contributed by atoms with Crippen LogP contribution < -0.4 is 14.8 Å². The molecule has 3 heterocycles. The van der Waals surface area contributed by atoms with E-state index in [1.165, 1.54) is 27.7 Å². The van der Waals surface area contributed by atoms with Crippen molar-refractivity contribution in [3.05, 3.63) is 72.4 Å². The third kappa shape index (κ3) is 5.65. The van der Waals surface area contributed by atoms with Crippen LogP contribution in [0.4, 0.5) is 15.9 Å². The molecule has 9 heteroatoms. The molecular weight excluding hydrogens is 527 g/mol. The van der Waals surface area contributed by atoms with Gasteiger partial charge in [-0.1, -0.05) is 38.6 Å². The summed E-state index contributed by atoms with van der Waals surface area (Å²) >= 11 is 1.70. The largest absolute Gasteiger partial charge is 0.493 e. The minimum atomic E-state index is -1.35. The van der Waals surface area contributed by atoms with Crippen LogP contribution in [-0.2, 0) is 4.79 Å². The van der Waals surface area contributed by atoms with Crippen LogP contribution in [0.15, 0.2) is 66.8 Å². The summed E-state index contributed by atoms with van der Waals surface area (Å²) in [5.41, 5.74) is 3.97. The van der Waals surface area contributed by atoms with E-state index in [1.807, 2.05) is 6.07 Å². The Kier molecular flexibility index (Phi) is 8.30. The molecule has 40 heavy (non-hydrogen) atoms. The number of aromatic nitrogens is 2. The van der Waals surface area contributed by atoms with E-state index in [4.69, 9.17) is 9.47 Å². The zero-order valence-electron chi connectivity index (χ0n) is 22.9. The van der Waals surface area contributed by atoms with E-state index in [0.717, 1.165) is 23.1 Å². The number of carbonyl (C=O) groups is 1. The van der Waals surface area contributed by atoms with Gasteiger partial charge in [0.25, 0.3) is 0 Å². The molecule has 0 bridgehead atoms. The Labute approximate surface area is 237 Å². The first kappa shape index (κ1) is 27.6. The van der Waals surface area contributed by atoms with Gasteiger partial charge in [0.15, 0.2) is 17.7 Å². The lowest BCUT2D eigenvalue weighted by Crippen LogP contribution is -2.48. The smallest absolute Gasteiger partial charge is 0.246 e. The quantitative estimate of drug-likeness (QED) is 0.220. The maximum atomic E-state index is 15.1. The Morgan fingerprint density at radius 1 is 1.27 bits per heavy atom. The summed E-state index contributed by atoms with van der Waals surface area (Å²) in [4.78, 5) is 23.6. The van der Waals surface area contributed by atoms with Crippen molar-refractivity contribution in [2.24, 2.45) is 0 Å². The summed E-state index contributed by atoms with van der Waals surface area (Å²) in [5, 5.41) is 6.36. The van der Waals surface area contributed by atoms with Crippen LogP contribution in [-0.4, -0.2) is 53.2 Å². The number of methoxy groups -OCH3 is 1. The van der Waals surface area contributed by atoms with Crippen molar-refractivity contribution in [2.75, 3.05) is 25.5 Å². The number of nitrogens with zero attached hydrogens (tertiary/aromatic N) is 3. The van der Waals surface area contributed by atoms with Crippen LogP contribution in [0.25, 0.3) is 21.3 Å². The van der Waals surface area contributed by atoms with Crippen LogP contribution in [0, 0.1) is 0 Å². The first-order chi connectivity index (χ1) is 19.4. The van der Waals surface area contributed by atoms with Crippen LogP contribution in [0.2, 0.25) is 0 Å².